The van der Waals surface area contributed by atoms with E-state index in [1.807, 2.05) is 26.2 Å². The largest absolute Gasteiger partial charge is 0.623 e. The zero-order valence-electron chi connectivity index (χ0n) is 9.97. The minimum Gasteiger partial charge on any atom is -0.623 e. The van der Waals surface area contributed by atoms with E-state index in [4.69, 9.17) is 0 Å². The highest BCUT2D eigenvalue weighted by molar-refractivity contribution is 7.13. The molecule has 0 saturated carbocycles. The molecular formula is C11H14N4OS. The van der Waals surface area contributed by atoms with Gasteiger partial charge in [0.15, 0.2) is 16.4 Å². The van der Waals surface area contributed by atoms with Crippen LogP contribution in [-0.2, 0) is 0 Å². The fourth-order valence-electron chi connectivity index (χ4n) is 1.17. The maximum absolute atomic E-state index is 11.7. The van der Waals surface area contributed by atoms with E-state index in [1.165, 1.54) is 17.6 Å². The maximum atomic E-state index is 11.7. The fourth-order valence-corrected chi connectivity index (χ4v) is 1.75. The van der Waals surface area contributed by atoms with Crippen LogP contribution in [0.25, 0.3) is 10.8 Å². The van der Waals surface area contributed by atoms with Gasteiger partial charge >= 0.3 is 0 Å². The molecule has 0 unspecified atom stereocenters. The van der Waals surface area contributed by atoms with Gasteiger partial charge in [0.25, 0.3) is 0 Å². The number of nitrogens with zero attached hydrogens (tertiary/aromatic N) is 3. The SMILES string of the molecule is CC(C)(C)/[N+]([O-])=C/c1c[nH]c(-c2nccs2)n1. The number of H-pyrrole nitrogens is 1. The van der Waals surface area contributed by atoms with Crippen molar-refractivity contribution in [2.24, 2.45) is 0 Å². The minimum atomic E-state index is -0.458. The molecule has 1 N–H and O–H groups in total. The Hall–Kier alpha value is -1.69. The van der Waals surface area contributed by atoms with Gasteiger partial charge in [0.2, 0.25) is 6.21 Å². The van der Waals surface area contributed by atoms with Crippen molar-refractivity contribution >= 4 is 17.6 Å². The Morgan fingerprint density at radius 2 is 2.24 bits per heavy atom. The Bertz CT molecular complexity index is 522. The van der Waals surface area contributed by atoms with Crippen LogP contribution in [0.1, 0.15) is 26.5 Å². The molecule has 2 aromatic rings. The number of nitrogens with one attached hydrogen (secondary N) is 1. The molecule has 0 aliphatic heterocycles. The first-order valence-corrected chi connectivity index (χ1v) is 6.11. The number of thiazole rings is 1. The van der Waals surface area contributed by atoms with E-state index in [2.05, 4.69) is 15.0 Å². The molecule has 0 aliphatic carbocycles. The van der Waals surface area contributed by atoms with Crippen LogP contribution in [0.5, 0.6) is 0 Å². The highest BCUT2D eigenvalue weighted by Gasteiger charge is 2.18. The van der Waals surface area contributed by atoms with Crippen molar-refractivity contribution in [3.8, 4) is 10.8 Å². The van der Waals surface area contributed by atoms with Crippen LogP contribution < -0.4 is 0 Å². The summed E-state index contributed by atoms with van der Waals surface area (Å²) in [4.78, 5) is 11.5. The first-order valence-electron chi connectivity index (χ1n) is 5.23. The summed E-state index contributed by atoms with van der Waals surface area (Å²) in [5.74, 6) is 0.688. The van der Waals surface area contributed by atoms with Gasteiger partial charge in [-0.1, -0.05) is 0 Å². The van der Waals surface area contributed by atoms with E-state index in [9.17, 15) is 5.21 Å². The second-order valence-electron chi connectivity index (χ2n) is 4.64. The number of aromatic amines is 1. The first-order chi connectivity index (χ1) is 7.97. The predicted molar refractivity (Wildman–Crippen MR) is 68.2 cm³/mol. The maximum Gasteiger partial charge on any atom is 0.202 e. The Morgan fingerprint density at radius 1 is 1.47 bits per heavy atom. The third-order valence-corrected chi connectivity index (χ3v) is 2.92. The summed E-state index contributed by atoms with van der Waals surface area (Å²) < 4.78 is 0.898. The summed E-state index contributed by atoms with van der Waals surface area (Å²) in [6.07, 6.45) is 4.90. The highest BCUT2D eigenvalue weighted by Crippen LogP contribution is 2.17. The number of aromatic nitrogens is 3. The predicted octanol–water partition coefficient (Wildman–Crippen LogP) is 2.26. The summed E-state index contributed by atoms with van der Waals surface area (Å²) >= 11 is 1.50. The quantitative estimate of drug-likeness (QED) is 0.385. The second kappa shape index (κ2) is 4.29. The average molecular weight is 250 g/mol. The lowest BCUT2D eigenvalue weighted by molar-refractivity contribution is -0.530. The number of imidazole rings is 1. The van der Waals surface area contributed by atoms with E-state index >= 15 is 0 Å². The number of hydrogen-bond acceptors (Lipinski definition) is 4. The summed E-state index contributed by atoms with van der Waals surface area (Å²) in [6.45, 7) is 5.56. The smallest absolute Gasteiger partial charge is 0.202 e. The summed E-state index contributed by atoms with van der Waals surface area (Å²) in [5.41, 5.74) is 0.153. The average Bonchev–Trinajstić information content (AvgIpc) is 2.83. The van der Waals surface area contributed by atoms with Crippen molar-refractivity contribution in [3.63, 3.8) is 0 Å². The van der Waals surface area contributed by atoms with Gasteiger partial charge in [0.05, 0.1) is 0 Å². The van der Waals surface area contributed by atoms with Gasteiger partial charge in [0, 0.05) is 38.5 Å². The molecule has 0 saturated heterocycles. The molecular weight excluding hydrogens is 236 g/mol. The van der Waals surface area contributed by atoms with Crippen molar-refractivity contribution in [1.82, 2.24) is 15.0 Å². The van der Waals surface area contributed by atoms with Crippen molar-refractivity contribution < 1.29 is 4.74 Å². The Labute approximate surface area is 103 Å². The van der Waals surface area contributed by atoms with E-state index < -0.39 is 5.54 Å². The van der Waals surface area contributed by atoms with E-state index in [1.54, 1.807) is 12.4 Å². The fraction of sp³-hybridized carbons (Fsp3) is 0.364. The molecule has 6 heteroatoms. The van der Waals surface area contributed by atoms with Crippen LogP contribution in [0.3, 0.4) is 0 Å². The summed E-state index contributed by atoms with van der Waals surface area (Å²) in [6, 6.07) is 0. The molecule has 5 nitrogen and oxygen atoms in total. The van der Waals surface area contributed by atoms with Crippen molar-refractivity contribution in [2.75, 3.05) is 0 Å². The number of hydroxylamine groups is 1. The topological polar surface area (TPSA) is 67.6 Å². The van der Waals surface area contributed by atoms with Gasteiger partial charge in [-0.05, 0) is 0 Å². The van der Waals surface area contributed by atoms with Crippen LogP contribution in [0, 0.1) is 5.21 Å². The van der Waals surface area contributed by atoms with Crippen molar-refractivity contribution in [2.45, 2.75) is 26.3 Å². The van der Waals surface area contributed by atoms with Gasteiger partial charge in [-0.15, -0.1) is 11.3 Å². The molecule has 2 heterocycles. The van der Waals surface area contributed by atoms with Gasteiger partial charge in [-0.2, -0.15) is 0 Å². The molecule has 2 rings (SSSR count). The standard InChI is InChI=1S/C11H14N4OS/c1-11(2,3)15(16)7-8-6-13-9(14-8)10-12-4-5-17-10/h4-7H,1-3H3,(H,13,14)/b15-7-. The first kappa shape index (κ1) is 11.8. The van der Waals surface area contributed by atoms with Crippen LogP contribution in [0.15, 0.2) is 17.8 Å². The van der Waals surface area contributed by atoms with Crippen LogP contribution >= 0.6 is 11.3 Å². The lowest BCUT2D eigenvalue weighted by Crippen LogP contribution is -2.29. The lowest BCUT2D eigenvalue weighted by atomic mass is 10.1. The third-order valence-electron chi connectivity index (χ3n) is 2.14. The van der Waals surface area contributed by atoms with Crippen molar-refractivity contribution in [3.05, 3.63) is 28.7 Å². The Kier molecular flexibility index (Phi) is 2.97. The van der Waals surface area contributed by atoms with Gasteiger partial charge < -0.3 is 10.2 Å². The molecule has 0 radical (unpaired) electrons. The van der Waals surface area contributed by atoms with Crippen molar-refractivity contribution in [1.29, 1.82) is 0 Å². The van der Waals surface area contributed by atoms with Gasteiger partial charge in [-0.3, -0.25) is 0 Å². The molecule has 2 aromatic heterocycles. The molecule has 0 aliphatic rings. The zero-order valence-corrected chi connectivity index (χ0v) is 10.8. The number of rotatable bonds is 2. The lowest BCUT2D eigenvalue weighted by Gasteiger charge is -2.17. The van der Waals surface area contributed by atoms with E-state index in [-0.39, 0.29) is 0 Å². The monoisotopic (exact) mass is 250 g/mol. The molecule has 90 valence electrons. The second-order valence-corrected chi connectivity index (χ2v) is 5.53. The van der Waals surface area contributed by atoms with Crippen LogP contribution in [-0.4, -0.2) is 31.4 Å². The molecule has 0 bridgehead atoms. The Morgan fingerprint density at radius 3 is 2.82 bits per heavy atom. The molecule has 0 aromatic carbocycles. The molecule has 0 fully saturated rings. The molecule has 0 amide bonds. The highest BCUT2D eigenvalue weighted by atomic mass is 32.1. The van der Waals surface area contributed by atoms with Gasteiger partial charge in [-0.25, -0.2) is 14.7 Å². The van der Waals surface area contributed by atoms with Crippen LogP contribution in [0.4, 0.5) is 0 Å². The van der Waals surface area contributed by atoms with E-state index in [0.29, 0.717) is 11.5 Å². The Balaban J connectivity index is 2.26. The zero-order chi connectivity index (χ0) is 12.5. The van der Waals surface area contributed by atoms with Gasteiger partial charge in [0.1, 0.15) is 5.69 Å². The summed E-state index contributed by atoms with van der Waals surface area (Å²) in [5, 5.41) is 14.4. The molecule has 0 atom stereocenters. The normalized spacial score (nSPS) is 13.0. The van der Waals surface area contributed by atoms with Crippen LogP contribution in [0.2, 0.25) is 0 Å². The minimum absolute atomic E-state index is 0.458. The number of hydrogen-bond donors (Lipinski definition) is 1. The van der Waals surface area contributed by atoms with E-state index in [0.717, 1.165) is 9.75 Å². The molecule has 17 heavy (non-hydrogen) atoms. The molecule has 0 spiro atoms. The third kappa shape index (κ3) is 2.71. The summed E-state index contributed by atoms with van der Waals surface area (Å²) in [7, 11) is 0.